The maximum absolute atomic E-state index is 11.8. The van der Waals surface area contributed by atoms with Crippen molar-refractivity contribution in [1.29, 1.82) is 0 Å². The smallest absolute Gasteiger partial charge is 0.263 e. The summed E-state index contributed by atoms with van der Waals surface area (Å²) in [5.41, 5.74) is -1.15. The van der Waals surface area contributed by atoms with Crippen LogP contribution in [0.15, 0.2) is 24.3 Å². The molecule has 0 aliphatic heterocycles. The third-order valence-corrected chi connectivity index (χ3v) is 2.12. The maximum atomic E-state index is 11.8. The molecule has 0 aromatic heterocycles. The molecule has 1 aromatic rings. The Morgan fingerprint density at radius 2 is 1.12 bits per heavy atom. The molecular weight excluding hydrogens is 320 g/mol. The van der Waals surface area contributed by atoms with Crippen molar-refractivity contribution >= 4 is 11.9 Å². The molecule has 0 spiro atoms. The molecule has 0 saturated carbocycles. The Labute approximate surface area is 140 Å². The molecule has 0 aliphatic rings. The second-order valence-corrected chi connectivity index (χ2v) is 6.85. The van der Waals surface area contributed by atoms with Gasteiger partial charge in [0.05, 0.1) is 22.3 Å². The summed E-state index contributed by atoms with van der Waals surface area (Å²) in [6, 6.07) is 5.60. The molecule has 8 heteroatoms. The highest BCUT2D eigenvalue weighted by molar-refractivity contribution is 5.94. The van der Waals surface area contributed by atoms with Gasteiger partial charge in [-0.15, -0.1) is 0 Å². The van der Waals surface area contributed by atoms with Crippen molar-refractivity contribution in [2.45, 2.75) is 52.7 Å². The van der Waals surface area contributed by atoms with E-state index in [4.69, 9.17) is 9.78 Å². The van der Waals surface area contributed by atoms with Gasteiger partial charge in [-0.3, -0.25) is 9.78 Å². The van der Waals surface area contributed by atoms with Crippen molar-refractivity contribution in [3.8, 4) is 0 Å². The van der Waals surface area contributed by atoms with E-state index >= 15 is 0 Å². The second kappa shape index (κ2) is 8.20. The predicted molar refractivity (Wildman–Crippen MR) is 81.1 cm³/mol. The van der Waals surface area contributed by atoms with E-state index in [1.165, 1.54) is 24.3 Å². The zero-order chi connectivity index (χ0) is 18.4. The Bertz CT molecular complexity index is 521. The average Bonchev–Trinajstić information content (AvgIpc) is 2.44. The summed E-state index contributed by atoms with van der Waals surface area (Å²) in [6.45, 7) is 10.3. The largest absolute Gasteiger partial charge is 0.376 e. The molecular formula is C16H22O8. The first-order valence-electron chi connectivity index (χ1n) is 7.21. The molecule has 0 N–H and O–H groups in total. The fourth-order valence-corrected chi connectivity index (χ4v) is 1.17. The molecule has 0 aliphatic carbocycles. The van der Waals surface area contributed by atoms with Gasteiger partial charge in [0.25, 0.3) is 0 Å². The first-order chi connectivity index (χ1) is 11.0. The Morgan fingerprint density at radius 1 is 0.750 bits per heavy atom. The van der Waals surface area contributed by atoms with Gasteiger partial charge in [0.1, 0.15) is 0 Å². The molecule has 24 heavy (non-hydrogen) atoms. The van der Waals surface area contributed by atoms with Crippen LogP contribution < -0.4 is 0 Å². The van der Waals surface area contributed by atoms with Crippen LogP contribution in [0.5, 0.6) is 0 Å². The fourth-order valence-electron chi connectivity index (χ4n) is 1.17. The highest BCUT2D eigenvalue weighted by Crippen LogP contribution is 2.12. The number of rotatable bonds is 6. The van der Waals surface area contributed by atoms with Gasteiger partial charge in [0, 0.05) is 0 Å². The van der Waals surface area contributed by atoms with Gasteiger partial charge in [-0.05, 0) is 69.8 Å². The van der Waals surface area contributed by atoms with E-state index in [1.54, 1.807) is 41.5 Å². The van der Waals surface area contributed by atoms with E-state index in [0.29, 0.717) is 0 Å². The zero-order valence-corrected chi connectivity index (χ0v) is 14.6. The topological polar surface area (TPSA) is 89.5 Å². The van der Waals surface area contributed by atoms with Gasteiger partial charge in [-0.2, -0.15) is 9.78 Å². The third-order valence-electron chi connectivity index (χ3n) is 2.12. The van der Waals surface area contributed by atoms with Crippen molar-refractivity contribution in [2.75, 3.05) is 0 Å². The standard InChI is InChI=1S/C16H22O8/c1-15(2,3)21-23-19-13(17)11-8-7-9-12(10-11)14(18)20-24-22-16(4,5)6/h7-10H,1-6H3. The number of hydrogen-bond acceptors (Lipinski definition) is 8. The van der Waals surface area contributed by atoms with E-state index in [1.807, 2.05) is 0 Å². The molecule has 0 amide bonds. The number of carbonyl (C=O) groups excluding carboxylic acids is 2. The lowest BCUT2D eigenvalue weighted by Gasteiger charge is -2.15. The van der Waals surface area contributed by atoms with Gasteiger partial charge in [-0.25, -0.2) is 9.59 Å². The lowest BCUT2D eigenvalue weighted by molar-refractivity contribution is -0.510. The zero-order valence-electron chi connectivity index (χ0n) is 14.6. The van der Waals surface area contributed by atoms with Crippen molar-refractivity contribution in [2.24, 2.45) is 0 Å². The molecule has 134 valence electrons. The minimum Gasteiger partial charge on any atom is -0.263 e. The highest BCUT2D eigenvalue weighted by Gasteiger charge is 2.18. The monoisotopic (exact) mass is 342 g/mol. The van der Waals surface area contributed by atoms with Crippen molar-refractivity contribution < 1.29 is 39.2 Å². The predicted octanol–water partition coefficient (Wildman–Crippen LogP) is 3.32. The number of hydrogen-bond donors (Lipinski definition) is 0. The van der Waals surface area contributed by atoms with E-state index in [0.717, 1.165) is 0 Å². The van der Waals surface area contributed by atoms with E-state index in [2.05, 4.69) is 19.9 Å². The molecule has 0 fully saturated rings. The van der Waals surface area contributed by atoms with Crippen molar-refractivity contribution in [1.82, 2.24) is 0 Å². The lowest BCUT2D eigenvalue weighted by atomic mass is 10.1. The maximum Gasteiger partial charge on any atom is 0.376 e. The average molecular weight is 342 g/mol. The van der Waals surface area contributed by atoms with Gasteiger partial charge in [0.15, 0.2) is 0 Å². The molecule has 1 rings (SSSR count). The van der Waals surface area contributed by atoms with Crippen LogP contribution in [0, 0.1) is 0 Å². The van der Waals surface area contributed by atoms with Crippen LogP contribution in [-0.2, 0) is 29.6 Å². The summed E-state index contributed by atoms with van der Waals surface area (Å²) in [7, 11) is 0. The molecule has 0 atom stereocenters. The van der Waals surface area contributed by atoms with Gasteiger partial charge in [0.2, 0.25) is 0 Å². The first-order valence-corrected chi connectivity index (χ1v) is 7.21. The van der Waals surface area contributed by atoms with Gasteiger partial charge < -0.3 is 0 Å². The SMILES string of the molecule is CC(C)(C)OOOC(=O)c1cccc(C(=O)OOOC(C)(C)C)c1. The first kappa shape index (κ1) is 20.0. The molecule has 8 nitrogen and oxygen atoms in total. The fraction of sp³-hybridized carbons (Fsp3) is 0.500. The highest BCUT2D eigenvalue weighted by atomic mass is 17.5. The summed E-state index contributed by atoms with van der Waals surface area (Å²) >= 11 is 0. The van der Waals surface area contributed by atoms with E-state index < -0.39 is 23.1 Å². The minimum absolute atomic E-state index is 0.0682. The van der Waals surface area contributed by atoms with Gasteiger partial charge in [-0.1, -0.05) is 6.07 Å². The van der Waals surface area contributed by atoms with Crippen LogP contribution in [0.25, 0.3) is 0 Å². The minimum atomic E-state index is -0.833. The molecule has 1 aromatic carbocycles. The van der Waals surface area contributed by atoms with E-state index in [-0.39, 0.29) is 11.1 Å². The van der Waals surface area contributed by atoms with Crippen LogP contribution in [0.1, 0.15) is 62.3 Å². The van der Waals surface area contributed by atoms with E-state index in [9.17, 15) is 9.59 Å². The Morgan fingerprint density at radius 3 is 1.46 bits per heavy atom. The molecule has 0 heterocycles. The molecule has 0 unspecified atom stereocenters. The summed E-state index contributed by atoms with van der Waals surface area (Å²) in [5.74, 6) is -1.67. The van der Waals surface area contributed by atoms with Crippen LogP contribution in [0.2, 0.25) is 0 Å². The Kier molecular flexibility index (Phi) is 6.85. The lowest BCUT2D eigenvalue weighted by Crippen LogP contribution is -2.21. The normalized spacial score (nSPS) is 11.9. The molecule has 0 bridgehead atoms. The number of benzene rings is 1. The third kappa shape index (κ3) is 8.02. The quantitative estimate of drug-likeness (QED) is 0.574. The summed E-state index contributed by atoms with van der Waals surface area (Å²) < 4.78 is 0. The molecule has 0 saturated heterocycles. The van der Waals surface area contributed by atoms with Crippen LogP contribution in [0.4, 0.5) is 0 Å². The van der Waals surface area contributed by atoms with Crippen molar-refractivity contribution in [3.63, 3.8) is 0 Å². The van der Waals surface area contributed by atoms with Crippen molar-refractivity contribution in [3.05, 3.63) is 35.4 Å². The Hall–Kier alpha value is -2.00. The second-order valence-electron chi connectivity index (χ2n) is 6.85. The van der Waals surface area contributed by atoms with Crippen LogP contribution in [0.3, 0.4) is 0 Å². The summed E-state index contributed by atoms with van der Waals surface area (Å²) in [6.07, 6.45) is 0. The van der Waals surface area contributed by atoms with Crippen LogP contribution in [-0.4, -0.2) is 23.1 Å². The van der Waals surface area contributed by atoms with Gasteiger partial charge >= 0.3 is 11.9 Å². The Balaban J connectivity index is 2.59. The molecule has 0 radical (unpaired) electrons. The summed E-state index contributed by atoms with van der Waals surface area (Å²) in [5, 5.41) is 8.81. The summed E-state index contributed by atoms with van der Waals surface area (Å²) in [4.78, 5) is 42.2. The number of carbonyl (C=O) groups is 2. The van der Waals surface area contributed by atoms with Crippen LogP contribution >= 0.6 is 0 Å².